The highest BCUT2D eigenvalue weighted by atomic mass is 16.5. The van der Waals surface area contributed by atoms with Gasteiger partial charge in [0.25, 0.3) is 0 Å². The summed E-state index contributed by atoms with van der Waals surface area (Å²) in [6, 6.07) is 10.7. The molecule has 4 heteroatoms. The predicted molar refractivity (Wildman–Crippen MR) is 61.1 cm³/mol. The number of aliphatic hydroxyl groups is 1. The summed E-state index contributed by atoms with van der Waals surface area (Å²) in [6.07, 6.45) is 1.56. The number of nitrogens with two attached hydrogens (primary N) is 1. The van der Waals surface area contributed by atoms with Crippen molar-refractivity contribution in [3.8, 4) is 11.5 Å². The van der Waals surface area contributed by atoms with E-state index >= 15 is 0 Å². The van der Waals surface area contributed by atoms with Crippen LogP contribution in [-0.2, 0) is 6.61 Å². The molecule has 0 unspecified atom stereocenters. The van der Waals surface area contributed by atoms with Crippen molar-refractivity contribution >= 4 is 5.82 Å². The van der Waals surface area contributed by atoms with Gasteiger partial charge in [0, 0.05) is 0 Å². The molecule has 1 aromatic heterocycles. The number of aromatic nitrogens is 1. The molecule has 0 atom stereocenters. The number of hydrogen-bond donors (Lipinski definition) is 2. The van der Waals surface area contributed by atoms with E-state index in [0.29, 0.717) is 17.3 Å². The number of benzene rings is 1. The fourth-order valence-corrected chi connectivity index (χ4v) is 1.30. The molecule has 0 saturated heterocycles. The minimum absolute atomic E-state index is 0.00279. The molecule has 0 fully saturated rings. The van der Waals surface area contributed by atoms with Gasteiger partial charge in [-0.15, -0.1) is 0 Å². The van der Waals surface area contributed by atoms with Gasteiger partial charge < -0.3 is 15.6 Å². The zero-order chi connectivity index (χ0) is 11.4. The maximum atomic E-state index is 8.98. The zero-order valence-electron chi connectivity index (χ0n) is 8.63. The number of nitrogen functional groups attached to an aromatic ring is 1. The molecular formula is C12H12N2O2. The summed E-state index contributed by atoms with van der Waals surface area (Å²) in [6.45, 7) is -0.00279. The third kappa shape index (κ3) is 2.49. The van der Waals surface area contributed by atoms with Gasteiger partial charge in [0.2, 0.25) is 0 Å². The van der Waals surface area contributed by atoms with E-state index < -0.39 is 0 Å². The minimum Gasteiger partial charge on any atom is -0.456 e. The Labute approximate surface area is 93.3 Å². The van der Waals surface area contributed by atoms with Crippen molar-refractivity contribution in [3.05, 3.63) is 48.2 Å². The van der Waals surface area contributed by atoms with Gasteiger partial charge in [-0.2, -0.15) is 0 Å². The molecule has 0 spiro atoms. The second kappa shape index (κ2) is 4.63. The number of rotatable bonds is 3. The fraction of sp³-hybridized carbons (Fsp3) is 0.0833. The number of aliphatic hydroxyl groups excluding tert-OH is 1. The first-order chi connectivity index (χ1) is 7.78. The quantitative estimate of drug-likeness (QED) is 0.822. The molecule has 0 aliphatic rings. The molecular weight excluding hydrogens is 204 g/mol. The molecule has 0 radical (unpaired) electrons. The molecule has 1 heterocycles. The monoisotopic (exact) mass is 216 g/mol. The molecule has 4 nitrogen and oxygen atoms in total. The summed E-state index contributed by atoms with van der Waals surface area (Å²) >= 11 is 0. The lowest BCUT2D eigenvalue weighted by Gasteiger charge is -2.06. The third-order valence-electron chi connectivity index (χ3n) is 2.08. The standard InChI is InChI=1S/C12H12N2O2/c13-12-5-4-11(7-14-12)16-10-3-1-2-9(6-10)8-15/h1-7,15H,8H2,(H2,13,14). The number of hydrogen-bond acceptors (Lipinski definition) is 4. The van der Waals surface area contributed by atoms with Crippen LogP contribution in [-0.4, -0.2) is 10.1 Å². The Bertz CT molecular complexity index is 469. The lowest BCUT2D eigenvalue weighted by molar-refractivity contribution is 0.281. The Balaban J connectivity index is 2.16. The smallest absolute Gasteiger partial charge is 0.145 e. The number of anilines is 1. The average molecular weight is 216 g/mol. The molecule has 82 valence electrons. The highest BCUT2D eigenvalue weighted by molar-refractivity contribution is 5.36. The maximum Gasteiger partial charge on any atom is 0.145 e. The Morgan fingerprint density at radius 1 is 1.19 bits per heavy atom. The molecule has 0 saturated carbocycles. The second-order valence-electron chi connectivity index (χ2n) is 3.33. The molecule has 2 aromatic rings. The van der Waals surface area contributed by atoms with Gasteiger partial charge in [-0.3, -0.25) is 0 Å². The van der Waals surface area contributed by atoms with Gasteiger partial charge in [0.1, 0.15) is 17.3 Å². The first-order valence-corrected chi connectivity index (χ1v) is 4.87. The summed E-state index contributed by atoms with van der Waals surface area (Å²) in [5.41, 5.74) is 6.27. The zero-order valence-corrected chi connectivity index (χ0v) is 8.63. The molecule has 2 rings (SSSR count). The van der Waals surface area contributed by atoms with Crippen LogP contribution in [0, 0.1) is 0 Å². The molecule has 0 aliphatic carbocycles. The van der Waals surface area contributed by atoms with Crippen LogP contribution < -0.4 is 10.5 Å². The number of ether oxygens (including phenoxy) is 1. The van der Waals surface area contributed by atoms with Crippen LogP contribution in [0.2, 0.25) is 0 Å². The SMILES string of the molecule is Nc1ccc(Oc2cccc(CO)c2)cn1. The van der Waals surface area contributed by atoms with Crippen molar-refractivity contribution in [3.63, 3.8) is 0 Å². The third-order valence-corrected chi connectivity index (χ3v) is 2.08. The van der Waals surface area contributed by atoms with E-state index in [2.05, 4.69) is 4.98 Å². The van der Waals surface area contributed by atoms with Gasteiger partial charge >= 0.3 is 0 Å². The van der Waals surface area contributed by atoms with Crippen molar-refractivity contribution in [2.45, 2.75) is 6.61 Å². The lowest BCUT2D eigenvalue weighted by Crippen LogP contribution is -1.91. The van der Waals surface area contributed by atoms with Gasteiger partial charge in [0.05, 0.1) is 12.8 Å². The highest BCUT2D eigenvalue weighted by Gasteiger charge is 1.98. The van der Waals surface area contributed by atoms with E-state index in [-0.39, 0.29) is 6.61 Å². The van der Waals surface area contributed by atoms with E-state index in [4.69, 9.17) is 15.6 Å². The topological polar surface area (TPSA) is 68.4 Å². The van der Waals surface area contributed by atoms with Crippen LogP contribution in [0.4, 0.5) is 5.82 Å². The van der Waals surface area contributed by atoms with Crippen molar-refractivity contribution in [2.24, 2.45) is 0 Å². The minimum atomic E-state index is -0.00279. The van der Waals surface area contributed by atoms with Crippen molar-refractivity contribution < 1.29 is 9.84 Å². The summed E-state index contributed by atoms with van der Waals surface area (Å²) in [5, 5.41) is 8.98. The van der Waals surface area contributed by atoms with E-state index in [9.17, 15) is 0 Å². The molecule has 0 bridgehead atoms. The normalized spacial score (nSPS) is 10.1. The van der Waals surface area contributed by atoms with E-state index in [1.807, 2.05) is 18.2 Å². The van der Waals surface area contributed by atoms with Gasteiger partial charge in [-0.25, -0.2) is 4.98 Å². The Morgan fingerprint density at radius 2 is 2.06 bits per heavy atom. The van der Waals surface area contributed by atoms with Crippen LogP contribution in [0.1, 0.15) is 5.56 Å². The van der Waals surface area contributed by atoms with Crippen molar-refractivity contribution in [2.75, 3.05) is 5.73 Å². The van der Waals surface area contributed by atoms with Gasteiger partial charge in [-0.1, -0.05) is 12.1 Å². The average Bonchev–Trinajstić information content (AvgIpc) is 2.32. The predicted octanol–water partition coefficient (Wildman–Crippen LogP) is 1.95. The van der Waals surface area contributed by atoms with Crippen LogP contribution in [0.25, 0.3) is 0 Å². The Hall–Kier alpha value is -2.07. The molecule has 3 N–H and O–H groups in total. The summed E-state index contributed by atoms with van der Waals surface area (Å²) in [5.74, 6) is 1.74. The molecule has 16 heavy (non-hydrogen) atoms. The number of pyridine rings is 1. The van der Waals surface area contributed by atoms with Gasteiger partial charge in [0.15, 0.2) is 0 Å². The first kappa shape index (κ1) is 10.4. The Morgan fingerprint density at radius 3 is 2.75 bits per heavy atom. The fourth-order valence-electron chi connectivity index (χ4n) is 1.30. The lowest BCUT2D eigenvalue weighted by atomic mass is 10.2. The van der Waals surface area contributed by atoms with Crippen molar-refractivity contribution in [1.29, 1.82) is 0 Å². The maximum absolute atomic E-state index is 8.98. The largest absolute Gasteiger partial charge is 0.456 e. The molecule has 1 aromatic carbocycles. The van der Waals surface area contributed by atoms with E-state index in [0.717, 1.165) is 5.56 Å². The summed E-state index contributed by atoms with van der Waals surface area (Å²) in [4.78, 5) is 3.92. The molecule has 0 aliphatic heterocycles. The van der Waals surface area contributed by atoms with Crippen molar-refractivity contribution in [1.82, 2.24) is 4.98 Å². The van der Waals surface area contributed by atoms with E-state index in [1.165, 1.54) is 0 Å². The van der Waals surface area contributed by atoms with Crippen LogP contribution >= 0.6 is 0 Å². The second-order valence-corrected chi connectivity index (χ2v) is 3.33. The van der Waals surface area contributed by atoms with Crippen LogP contribution in [0.15, 0.2) is 42.6 Å². The Kier molecular flexibility index (Phi) is 3.03. The van der Waals surface area contributed by atoms with Crippen LogP contribution in [0.5, 0.6) is 11.5 Å². The summed E-state index contributed by atoms with van der Waals surface area (Å²) in [7, 11) is 0. The van der Waals surface area contributed by atoms with E-state index in [1.54, 1.807) is 24.4 Å². The highest BCUT2D eigenvalue weighted by Crippen LogP contribution is 2.21. The van der Waals surface area contributed by atoms with Crippen LogP contribution in [0.3, 0.4) is 0 Å². The summed E-state index contributed by atoms with van der Waals surface area (Å²) < 4.78 is 5.55. The van der Waals surface area contributed by atoms with Gasteiger partial charge in [-0.05, 0) is 29.8 Å². The number of nitrogens with zero attached hydrogens (tertiary/aromatic N) is 1. The molecule has 0 amide bonds. The first-order valence-electron chi connectivity index (χ1n) is 4.87.